The van der Waals surface area contributed by atoms with Gasteiger partial charge in [0, 0.05) is 30.4 Å². The summed E-state index contributed by atoms with van der Waals surface area (Å²) in [5, 5.41) is 3.76. The fourth-order valence-electron chi connectivity index (χ4n) is 4.11. The van der Waals surface area contributed by atoms with Crippen molar-refractivity contribution in [3.8, 4) is 0 Å². The molecule has 1 aliphatic heterocycles. The molecule has 3 nitrogen and oxygen atoms in total. The van der Waals surface area contributed by atoms with E-state index in [0.29, 0.717) is 12.1 Å². The number of anilines is 1. The minimum absolute atomic E-state index is 0.558. The zero-order valence-corrected chi connectivity index (χ0v) is 14.2. The summed E-state index contributed by atoms with van der Waals surface area (Å²) in [5.41, 5.74) is 1.42. The van der Waals surface area contributed by atoms with Gasteiger partial charge in [-0.25, -0.2) is 4.98 Å². The van der Waals surface area contributed by atoms with Gasteiger partial charge in [0.2, 0.25) is 0 Å². The second-order valence-corrected chi connectivity index (χ2v) is 7.47. The van der Waals surface area contributed by atoms with E-state index in [2.05, 4.69) is 36.2 Å². The van der Waals surface area contributed by atoms with Gasteiger partial charge in [-0.3, -0.25) is 4.90 Å². The van der Waals surface area contributed by atoms with Crippen LogP contribution in [-0.2, 0) is 0 Å². The smallest absolute Gasteiger partial charge is 0.130 e. The lowest BCUT2D eigenvalue weighted by atomic mass is 9.95. The Labute approximate surface area is 135 Å². The van der Waals surface area contributed by atoms with Gasteiger partial charge in [0.15, 0.2) is 0 Å². The molecule has 1 unspecified atom stereocenters. The number of hydrogen-bond acceptors (Lipinski definition) is 3. The molecule has 0 aromatic carbocycles. The van der Waals surface area contributed by atoms with E-state index >= 15 is 0 Å². The molecule has 3 heteroatoms. The second kappa shape index (κ2) is 7.45. The maximum atomic E-state index is 4.69. The van der Waals surface area contributed by atoms with E-state index in [9.17, 15) is 0 Å². The van der Waals surface area contributed by atoms with Crippen LogP contribution in [0.1, 0.15) is 70.4 Å². The fraction of sp³-hybridized carbons (Fsp3) is 0.737. The Hall–Kier alpha value is -1.09. The predicted molar refractivity (Wildman–Crippen MR) is 93.1 cm³/mol. The monoisotopic (exact) mass is 301 g/mol. The van der Waals surface area contributed by atoms with Gasteiger partial charge in [0.25, 0.3) is 0 Å². The summed E-state index contributed by atoms with van der Waals surface area (Å²) in [6, 6.07) is 5.58. The zero-order valence-electron chi connectivity index (χ0n) is 14.2. The van der Waals surface area contributed by atoms with Crippen molar-refractivity contribution in [2.24, 2.45) is 5.92 Å². The van der Waals surface area contributed by atoms with E-state index in [0.717, 1.165) is 11.7 Å². The maximum absolute atomic E-state index is 4.69. The van der Waals surface area contributed by atoms with E-state index < -0.39 is 0 Å². The fourth-order valence-corrected chi connectivity index (χ4v) is 4.11. The van der Waals surface area contributed by atoms with Crippen molar-refractivity contribution in [2.45, 2.75) is 70.9 Å². The third-order valence-corrected chi connectivity index (χ3v) is 5.11. The number of likely N-dealkylation sites (tertiary alicyclic amines) is 1. The summed E-state index contributed by atoms with van der Waals surface area (Å²) < 4.78 is 0. The molecule has 1 aromatic rings. The van der Waals surface area contributed by atoms with Crippen molar-refractivity contribution in [2.75, 3.05) is 18.4 Å². The largest absolute Gasteiger partial charge is 0.367 e. The lowest BCUT2D eigenvalue weighted by Gasteiger charge is -2.29. The van der Waals surface area contributed by atoms with Crippen LogP contribution in [0.25, 0.3) is 0 Å². The average molecular weight is 301 g/mol. The summed E-state index contributed by atoms with van der Waals surface area (Å²) in [7, 11) is 0. The molecule has 0 bridgehead atoms. The van der Waals surface area contributed by atoms with Gasteiger partial charge < -0.3 is 5.32 Å². The van der Waals surface area contributed by atoms with Crippen molar-refractivity contribution in [3.05, 3.63) is 23.9 Å². The number of nitrogens with zero attached hydrogens (tertiary/aromatic N) is 2. The number of rotatable bonds is 5. The van der Waals surface area contributed by atoms with E-state index in [4.69, 9.17) is 4.98 Å². The van der Waals surface area contributed by atoms with Crippen molar-refractivity contribution in [1.29, 1.82) is 0 Å². The van der Waals surface area contributed by atoms with E-state index in [1.165, 1.54) is 63.6 Å². The predicted octanol–water partition coefficient (Wildman–Crippen LogP) is 4.62. The summed E-state index contributed by atoms with van der Waals surface area (Å²) in [6.07, 6.45) is 11.3. The van der Waals surface area contributed by atoms with E-state index in [1.54, 1.807) is 0 Å². The highest BCUT2D eigenvalue weighted by Crippen LogP contribution is 2.36. The third kappa shape index (κ3) is 3.81. The van der Waals surface area contributed by atoms with E-state index in [-0.39, 0.29) is 0 Å². The van der Waals surface area contributed by atoms with Gasteiger partial charge >= 0.3 is 0 Å². The summed E-state index contributed by atoms with van der Waals surface area (Å²) in [5.74, 6) is 1.88. The summed E-state index contributed by atoms with van der Waals surface area (Å²) >= 11 is 0. The van der Waals surface area contributed by atoms with Crippen molar-refractivity contribution in [3.63, 3.8) is 0 Å². The van der Waals surface area contributed by atoms with Gasteiger partial charge in [-0.2, -0.15) is 0 Å². The Morgan fingerprint density at radius 2 is 2.00 bits per heavy atom. The first kappa shape index (κ1) is 15.8. The van der Waals surface area contributed by atoms with Gasteiger partial charge in [0.1, 0.15) is 5.82 Å². The third-order valence-electron chi connectivity index (χ3n) is 5.11. The second-order valence-electron chi connectivity index (χ2n) is 7.47. The van der Waals surface area contributed by atoms with Crippen molar-refractivity contribution >= 4 is 5.82 Å². The number of pyridine rings is 1. The molecule has 1 saturated carbocycles. The first-order chi connectivity index (χ1) is 10.7. The molecule has 2 fully saturated rings. The Morgan fingerprint density at radius 1 is 1.18 bits per heavy atom. The van der Waals surface area contributed by atoms with Crippen LogP contribution in [0.5, 0.6) is 0 Å². The van der Waals surface area contributed by atoms with E-state index in [1.807, 2.05) is 6.20 Å². The van der Waals surface area contributed by atoms with Crippen molar-refractivity contribution < 1.29 is 0 Å². The van der Waals surface area contributed by atoms with Gasteiger partial charge in [-0.05, 0) is 44.2 Å². The Morgan fingerprint density at radius 3 is 2.77 bits per heavy atom. The van der Waals surface area contributed by atoms with Crippen LogP contribution in [0, 0.1) is 5.92 Å². The molecule has 1 aromatic heterocycles. The zero-order chi connectivity index (χ0) is 15.4. The number of hydrogen-bond donors (Lipinski definition) is 1. The quantitative estimate of drug-likeness (QED) is 0.860. The molecule has 2 heterocycles. The van der Waals surface area contributed by atoms with Crippen LogP contribution in [-0.4, -0.2) is 29.0 Å². The molecular weight excluding hydrogens is 270 g/mol. The number of nitrogens with one attached hydrogen (secondary N) is 1. The molecule has 1 saturated heterocycles. The van der Waals surface area contributed by atoms with Gasteiger partial charge in [-0.15, -0.1) is 0 Å². The molecular formula is C19H31N3. The molecule has 2 aliphatic rings. The minimum atomic E-state index is 0.558. The highest BCUT2D eigenvalue weighted by atomic mass is 15.2. The average Bonchev–Trinajstić information content (AvgIpc) is 2.96. The van der Waals surface area contributed by atoms with Crippen LogP contribution >= 0.6 is 0 Å². The molecule has 122 valence electrons. The van der Waals surface area contributed by atoms with Gasteiger partial charge in [-0.1, -0.05) is 39.2 Å². The Kier molecular flexibility index (Phi) is 5.35. The molecule has 3 rings (SSSR count). The van der Waals surface area contributed by atoms with Crippen LogP contribution in [0.15, 0.2) is 18.3 Å². The molecule has 1 atom stereocenters. The lowest BCUT2D eigenvalue weighted by Crippen LogP contribution is -2.29. The summed E-state index contributed by atoms with van der Waals surface area (Å²) in [6.45, 7) is 7.07. The van der Waals surface area contributed by atoms with Crippen LogP contribution < -0.4 is 5.32 Å². The molecule has 0 radical (unpaired) electrons. The summed E-state index contributed by atoms with van der Waals surface area (Å²) in [4.78, 5) is 7.35. The van der Waals surface area contributed by atoms with Crippen molar-refractivity contribution in [1.82, 2.24) is 9.88 Å². The van der Waals surface area contributed by atoms with Crippen LogP contribution in [0.3, 0.4) is 0 Å². The molecule has 22 heavy (non-hydrogen) atoms. The highest BCUT2D eigenvalue weighted by molar-refractivity contribution is 5.47. The molecule has 0 amide bonds. The van der Waals surface area contributed by atoms with Gasteiger partial charge in [0.05, 0.1) is 0 Å². The standard InChI is InChI=1S/C19H31N3/c1-15(2)14-22-13-7-11-18(22)17-10-6-12-20-19(17)21-16-8-4-3-5-9-16/h6,10,12,15-16,18H,3-5,7-9,11,13-14H2,1-2H3,(H,20,21). The normalized spacial score (nSPS) is 24.0. The lowest BCUT2D eigenvalue weighted by molar-refractivity contribution is 0.229. The highest BCUT2D eigenvalue weighted by Gasteiger charge is 2.29. The first-order valence-electron chi connectivity index (χ1n) is 9.19. The topological polar surface area (TPSA) is 28.2 Å². The SMILES string of the molecule is CC(C)CN1CCCC1c1cccnc1NC1CCCCC1. The first-order valence-corrected chi connectivity index (χ1v) is 9.19. The molecule has 1 N–H and O–H groups in total. The molecule has 0 spiro atoms. The molecule has 1 aliphatic carbocycles. The number of aromatic nitrogens is 1. The maximum Gasteiger partial charge on any atom is 0.130 e. The van der Waals surface area contributed by atoms with Crippen LogP contribution in [0.4, 0.5) is 5.82 Å². The van der Waals surface area contributed by atoms with Crippen LogP contribution in [0.2, 0.25) is 0 Å². The Balaban J connectivity index is 1.75. The minimum Gasteiger partial charge on any atom is -0.367 e. The Bertz CT molecular complexity index is 466.